The van der Waals surface area contributed by atoms with Gasteiger partial charge in [-0.2, -0.15) is 0 Å². The summed E-state index contributed by atoms with van der Waals surface area (Å²) >= 11 is 1.48. The Morgan fingerprint density at radius 2 is 2.04 bits per heavy atom. The Morgan fingerprint density at radius 1 is 1.31 bits per heavy atom. The lowest BCUT2D eigenvalue weighted by Crippen LogP contribution is -2.45. The number of aromatic nitrogens is 2. The SMILES string of the molecule is Cc1sc2ncn(CC(=O)N(C3CC3)[C@H]3CCS(=O)(=O)C3)c(=O)c2c1C. The molecule has 2 aromatic rings. The van der Waals surface area contributed by atoms with Crippen molar-refractivity contribution in [2.45, 2.75) is 51.7 Å². The van der Waals surface area contributed by atoms with Crippen molar-refractivity contribution in [3.63, 3.8) is 0 Å². The third-order valence-electron chi connectivity index (χ3n) is 5.29. The zero-order valence-electron chi connectivity index (χ0n) is 14.8. The van der Waals surface area contributed by atoms with Crippen molar-refractivity contribution >= 4 is 37.3 Å². The minimum absolute atomic E-state index is 0.0320. The van der Waals surface area contributed by atoms with Crippen LogP contribution < -0.4 is 5.56 Å². The lowest BCUT2D eigenvalue weighted by Gasteiger charge is -2.28. The zero-order valence-corrected chi connectivity index (χ0v) is 16.4. The van der Waals surface area contributed by atoms with Gasteiger partial charge in [-0.15, -0.1) is 11.3 Å². The molecule has 7 nitrogen and oxygen atoms in total. The van der Waals surface area contributed by atoms with Crippen LogP contribution in [0.5, 0.6) is 0 Å². The molecule has 3 heterocycles. The highest BCUT2D eigenvalue weighted by atomic mass is 32.2. The van der Waals surface area contributed by atoms with Crippen molar-refractivity contribution in [3.05, 3.63) is 27.1 Å². The van der Waals surface area contributed by atoms with Gasteiger partial charge in [-0.1, -0.05) is 0 Å². The number of carbonyl (C=O) groups is 1. The lowest BCUT2D eigenvalue weighted by atomic mass is 10.2. The molecule has 2 fully saturated rings. The fraction of sp³-hybridized carbons (Fsp3) is 0.588. The highest BCUT2D eigenvalue weighted by Crippen LogP contribution is 2.32. The number of fused-ring (bicyclic) bond motifs is 1. The van der Waals surface area contributed by atoms with E-state index in [-0.39, 0.29) is 41.6 Å². The summed E-state index contributed by atoms with van der Waals surface area (Å²) in [6.45, 7) is 3.75. The predicted octanol–water partition coefficient (Wildman–Crippen LogP) is 1.25. The Hall–Kier alpha value is -1.74. The number of nitrogens with zero attached hydrogens (tertiary/aromatic N) is 3. The van der Waals surface area contributed by atoms with Crippen molar-refractivity contribution in [2.75, 3.05) is 11.5 Å². The van der Waals surface area contributed by atoms with Gasteiger partial charge in [0, 0.05) is 17.0 Å². The second-order valence-corrected chi connectivity index (χ2v) is 10.7. The molecule has 1 aliphatic carbocycles. The van der Waals surface area contributed by atoms with Crippen LogP contribution in [0.3, 0.4) is 0 Å². The van der Waals surface area contributed by atoms with Crippen LogP contribution >= 0.6 is 11.3 Å². The molecule has 0 N–H and O–H groups in total. The normalized spacial score (nSPS) is 22.0. The minimum atomic E-state index is -3.07. The fourth-order valence-corrected chi connectivity index (χ4v) is 6.36. The van der Waals surface area contributed by atoms with Gasteiger partial charge in [-0.25, -0.2) is 13.4 Å². The molecule has 1 atom stereocenters. The first-order chi connectivity index (χ1) is 12.3. The average molecular weight is 396 g/mol. The van der Waals surface area contributed by atoms with Crippen LogP contribution in [0.4, 0.5) is 0 Å². The maximum absolute atomic E-state index is 12.9. The monoisotopic (exact) mass is 395 g/mol. The number of sulfone groups is 1. The molecule has 2 aromatic heterocycles. The Kier molecular flexibility index (Phi) is 4.18. The van der Waals surface area contributed by atoms with Crippen LogP contribution in [0.2, 0.25) is 0 Å². The topological polar surface area (TPSA) is 89.3 Å². The third-order valence-corrected chi connectivity index (χ3v) is 8.16. The van der Waals surface area contributed by atoms with Crippen molar-refractivity contribution < 1.29 is 13.2 Å². The maximum Gasteiger partial charge on any atom is 0.262 e. The first-order valence-electron chi connectivity index (χ1n) is 8.73. The number of hydrogen-bond donors (Lipinski definition) is 0. The first kappa shape index (κ1) is 17.7. The van der Waals surface area contributed by atoms with Gasteiger partial charge in [-0.05, 0) is 38.7 Å². The molecule has 1 aliphatic heterocycles. The van der Waals surface area contributed by atoms with Crippen LogP contribution in [-0.4, -0.2) is 52.4 Å². The molecule has 4 rings (SSSR count). The summed E-state index contributed by atoms with van der Waals surface area (Å²) in [6.07, 6.45) is 3.71. The third kappa shape index (κ3) is 3.07. The van der Waals surface area contributed by atoms with Crippen molar-refractivity contribution in [3.8, 4) is 0 Å². The van der Waals surface area contributed by atoms with E-state index in [1.807, 2.05) is 13.8 Å². The van der Waals surface area contributed by atoms with Crippen molar-refractivity contribution in [1.82, 2.24) is 14.5 Å². The molecular weight excluding hydrogens is 374 g/mol. The molecule has 1 saturated carbocycles. The van der Waals surface area contributed by atoms with E-state index in [0.717, 1.165) is 23.3 Å². The van der Waals surface area contributed by atoms with E-state index in [0.29, 0.717) is 16.6 Å². The summed E-state index contributed by atoms with van der Waals surface area (Å²) in [7, 11) is -3.07. The standard InChI is InChI=1S/C17H21N3O4S2/c1-10-11(2)25-16-15(10)17(22)19(9-18-16)7-14(21)20(12-3-4-12)13-5-6-26(23,24)8-13/h9,12-13H,3-8H2,1-2H3/t13-/m0/s1. The van der Waals surface area contributed by atoms with Crippen LogP contribution in [0.15, 0.2) is 11.1 Å². The van der Waals surface area contributed by atoms with E-state index >= 15 is 0 Å². The second kappa shape index (κ2) is 6.16. The average Bonchev–Trinajstić information content (AvgIpc) is 3.26. The molecular formula is C17H21N3O4S2. The predicted molar refractivity (Wildman–Crippen MR) is 100 cm³/mol. The Balaban J connectivity index is 1.63. The number of hydrogen-bond acceptors (Lipinski definition) is 6. The molecule has 1 amide bonds. The number of aryl methyl sites for hydroxylation is 2. The second-order valence-electron chi connectivity index (χ2n) is 7.23. The first-order valence-corrected chi connectivity index (χ1v) is 11.4. The molecule has 0 aromatic carbocycles. The van der Waals surface area contributed by atoms with E-state index in [1.165, 1.54) is 22.2 Å². The fourth-order valence-electron chi connectivity index (χ4n) is 3.66. The van der Waals surface area contributed by atoms with E-state index in [9.17, 15) is 18.0 Å². The Labute approximate surface area is 155 Å². The van der Waals surface area contributed by atoms with Gasteiger partial charge >= 0.3 is 0 Å². The number of amides is 1. The minimum Gasteiger partial charge on any atom is -0.334 e. The highest BCUT2D eigenvalue weighted by molar-refractivity contribution is 7.91. The molecule has 0 bridgehead atoms. The van der Waals surface area contributed by atoms with Crippen molar-refractivity contribution in [1.29, 1.82) is 0 Å². The van der Waals surface area contributed by atoms with Gasteiger partial charge in [0.2, 0.25) is 5.91 Å². The molecule has 0 radical (unpaired) electrons. The van der Waals surface area contributed by atoms with Gasteiger partial charge in [-0.3, -0.25) is 14.2 Å². The molecule has 1 saturated heterocycles. The summed E-state index contributed by atoms with van der Waals surface area (Å²) in [5, 5.41) is 0.573. The molecule has 0 unspecified atom stereocenters. The van der Waals surface area contributed by atoms with Gasteiger partial charge in [0.25, 0.3) is 5.56 Å². The smallest absolute Gasteiger partial charge is 0.262 e. The lowest BCUT2D eigenvalue weighted by molar-refractivity contribution is -0.134. The maximum atomic E-state index is 12.9. The number of thiophene rings is 1. The number of rotatable bonds is 4. The zero-order chi connectivity index (χ0) is 18.6. The highest BCUT2D eigenvalue weighted by Gasteiger charge is 2.42. The van der Waals surface area contributed by atoms with Crippen LogP contribution in [-0.2, 0) is 21.2 Å². The van der Waals surface area contributed by atoms with Crippen LogP contribution in [0.1, 0.15) is 29.7 Å². The Morgan fingerprint density at radius 3 is 2.65 bits per heavy atom. The van der Waals surface area contributed by atoms with Gasteiger partial charge in [0.1, 0.15) is 11.4 Å². The van der Waals surface area contributed by atoms with E-state index in [4.69, 9.17) is 0 Å². The number of carbonyl (C=O) groups excluding carboxylic acids is 1. The molecule has 26 heavy (non-hydrogen) atoms. The summed E-state index contributed by atoms with van der Waals surface area (Å²) in [4.78, 5) is 33.5. The molecule has 9 heteroatoms. The van der Waals surface area contributed by atoms with Crippen molar-refractivity contribution in [2.24, 2.45) is 0 Å². The molecule has 140 valence electrons. The van der Waals surface area contributed by atoms with E-state index in [1.54, 1.807) is 4.90 Å². The summed E-state index contributed by atoms with van der Waals surface area (Å²) < 4.78 is 25.0. The van der Waals surface area contributed by atoms with E-state index < -0.39 is 9.84 Å². The summed E-state index contributed by atoms with van der Waals surface area (Å²) in [5.74, 6) is -0.0262. The quantitative estimate of drug-likeness (QED) is 0.777. The summed E-state index contributed by atoms with van der Waals surface area (Å²) in [5.41, 5.74) is 0.699. The van der Waals surface area contributed by atoms with E-state index in [2.05, 4.69) is 4.98 Å². The van der Waals surface area contributed by atoms with Gasteiger partial charge in [0.15, 0.2) is 9.84 Å². The Bertz CT molecular complexity index is 1050. The van der Waals surface area contributed by atoms with Crippen LogP contribution in [0, 0.1) is 13.8 Å². The van der Waals surface area contributed by atoms with Gasteiger partial charge < -0.3 is 4.90 Å². The summed E-state index contributed by atoms with van der Waals surface area (Å²) in [6, 6.07) is -0.157. The largest absolute Gasteiger partial charge is 0.334 e. The van der Waals surface area contributed by atoms with Gasteiger partial charge in [0.05, 0.1) is 23.2 Å². The molecule has 2 aliphatic rings. The molecule has 0 spiro atoms. The van der Waals surface area contributed by atoms with Crippen LogP contribution in [0.25, 0.3) is 10.2 Å².